The van der Waals surface area contributed by atoms with Gasteiger partial charge >= 0.3 is 0 Å². The Hall–Kier alpha value is 0.230. The van der Waals surface area contributed by atoms with Crippen LogP contribution in [0.25, 0.3) is 0 Å². The summed E-state index contributed by atoms with van der Waals surface area (Å²) in [6.07, 6.45) is 6.94. The van der Waals surface area contributed by atoms with Crippen LogP contribution in [0.15, 0.2) is 0 Å². The highest BCUT2D eigenvalue weighted by atomic mass is 32.2. The number of rotatable bonds is 6. The van der Waals surface area contributed by atoms with E-state index in [-0.39, 0.29) is 0 Å². The molecule has 14 heavy (non-hydrogen) atoms. The topological polar surface area (TPSA) is 47.3 Å². The molecule has 1 fully saturated rings. The molecule has 1 aliphatic rings. The second kappa shape index (κ2) is 7.51. The van der Waals surface area contributed by atoms with Crippen molar-refractivity contribution in [2.45, 2.75) is 31.7 Å². The van der Waals surface area contributed by atoms with Gasteiger partial charge in [0.15, 0.2) is 0 Å². The van der Waals surface area contributed by atoms with Gasteiger partial charge in [0, 0.05) is 19.3 Å². The fourth-order valence-corrected chi connectivity index (χ4v) is 2.43. The molecule has 0 amide bonds. The summed E-state index contributed by atoms with van der Waals surface area (Å²) in [5, 5.41) is 0. The van der Waals surface area contributed by atoms with Gasteiger partial charge in [0.05, 0.1) is 0 Å². The maximum absolute atomic E-state index is 5.54. The fraction of sp³-hybridized carbons (Fsp3) is 1.00. The van der Waals surface area contributed by atoms with Gasteiger partial charge in [-0.15, -0.1) is 0 Å². The normalized spacial score (nSPS) is 21.0. The zero-order valence-corrected chi connectivity index (χ0v) is 9.81. The van der Waals surface area contributed by atoms with Gasteiger partial charge in [0.1, 0.15) is 0 Å². The van der Waals surface area contributed by atoms with Gasteiger partial charge in [-0.3, -0.25) is 11.3 Å². The van der Waals surface area contributed by atoms with E-state index in [1.165, 1.54) is 31.4 Å². The van der Waals surface area contributed by atoms with Crippen molar-refractivity contribution >= 4 is 11.8 Å². The molecule has 0 aromatic carbocycles. The number of nitrogens with one attached hydrogen (secondary N) is 1. The average molecular weight is 218 g/mol. The molecule has 3 N–H and O–H groups in total. The molecule has 4 heteroatoms. The lowest BCUT2D eigenvalue weighted by molar-refractivity contribution is 0.0604. The van der Waals surface area contributed by atoms with Crippen LogP contribution in [0.3, 0.4) is 0 Å². The first-order chi connectivity index (χ1) is 6.86. The minimum absolute atomic E-state index is 0.491. The SMILES string of the molecule is CSCCC(CC1CCOCC1)NN. The molecule has 0 bridgehead atoms. The minimum Gasteiger partial charge on any atom is -0.381 e. The quantitative estimate of drug-likeness (QED) is 0.522. The summed E-state index contributed by atoms with van der Waals surface area (Å²) in [5.74, 6) is 7.54. The zero-order chi connectivity index (χ0) is 10.2. The monoisotopic (exact) mass is 218 g/mol. The Morgan fingerprint density at radius 3 is 2.79 bits per heavy atom. The van der Waals surface area contributed by atoms with E-state index in [0.717, 1.165) is 19.1 Å². The smallest absolute Gasteiger partial charge is 0.0468 e. The Morgan fingerprint density at radius 1 is 1.50 bits per heavy atom. The number of hydrogen-bond donors (Lipinski definition) is 2. The average Bonchev–Trinajstić information content (AvgIpc) is 2.25. The van der Waals surface area contributed by atoms with Gasteiger partial charge in [-0.05, 0) is 43.6 Å². The largest absolute Gasteiger partial charge is 0.381 e. The van der Waals surface area contributed by atoms with Crippen LogP contribution in [0, 0.1) is 5.92 Å². The molecule has 0 spiro atoms. The standard InChI is InChI=1S/C10H22N2OS/c1-14-7-4-10(12-11)8-9-2-5-13-6-3-9/h9-10,12H,2-8,11H2,1H3. The molecular formula is C10H22N2OS. The van der Waals surface area contributed by atoms with E-state index in [1.807, 2.05) is 11.8 Å². The van der Waals surface area contributed by atoms with Crippen molar-refractivity contribution in [3.05, 3.63) is 0 Å². The van der Waals surface area contributed by atoms with Crippen LogP contribution in [0.4, 0.5) is 0 Å². The second-order valence-corrected chi connectivity index (χ2v) is 4.92. The van der Waals surface area contributed by atoms with E-state index < -0.39 is 0 Å². The first-order valence-electron chi connectivity index (χ1n) is 5.39. The molecule has 1 aliphatic heterocycles. The van der Waals surface area contributed by atoms with Gasteiger partial charge in [-0.2, -0.15) is 11.8 Å². The van der Waals surface area contributed by atoms with Gasteiger partial charge in [0.2, 0.25) is 0 Å². The fourth-order valence-electron chi connectivity index (χ4n) is 1.91. The number of hydrazine groups is 1. The van der Waals surface area contributed by atoms with Gasteiger partial charge in [0.25, 0.3) is 0 Å². The Morgan fingerprint density at radius 2 is 2.21 bits per heavy atom. The van der Waals surface area contributed by atoms with Gasteiger partial charge in [-0.25, -0.2) is 0 Å². The lowest BCUT2D eigenvalue weighted by atomic mass is 9.92. The van der Waals surface area contributed by atoms with Crippen LogP contribution in [-0.4, -0.2) is 31.3 Å². The van der Waals surface area contributed by atoms with Gasteiger partial charge < -0.3 is 4.74 Å². The van der Waals surface area contributed by atoms with Crippen molar-refractivity contribution in [2.24, 2.45) is 11.8 Å². The Bertz CT molecular complexity index is 140. The molecule has 1 heterocycles. The second-order valence-electron chi connectivity index (χ2n) is 3.94. The maximum Gasteiger partial charge on any atom is 0.0468 e. The van der Waals surface area contributed by atoms with Crippen LogP contribution in [0.5, 0.6) is 0 Å². The zero-order valence-electron chi connectivity index (χ0n) is 9.00. The van der Waals surface area contributed by atoms with E-state index in [9.17, 15) is 0 Å². The Labute approximate surface area is 91.1 Å². The molecule has 0 radical (unpaired) electrons. The third-order valence-electron chi connectivity index (χ3n) is 2.86. The van der Waals surface area contributed by atoms with Crippen molar-refractivity contribution < 1.29 is 4.74 Å². The van der Waals surface area contributed by atoms with Crippen molar-refractivity contribution in [1.82, 2.24) is 5.43 Å². The highest BCUT2D eigenvalue weighted by Crippen LogP contribution is 2.21. The molecule has 1 saturated heterocycles. The van der Waals surface area contributed by atoms with E-state index in [0.29, 0.717) is 6.04 Å². The van der Waals surface area contributed by atoms with Crippen molar-refractivity contribution in [3.63, 3.8) is 0 Å². The van der Waals surface area contributed by atoms with Crippen LogP contribution < -0.4 is 11.3 Å². The third-order valence-corrected chi connectivity index (χ3v) is 3.51. The Balaban J connectivity index is 2.16. The van der Waals surface area contributed by atoms with Crippen LogP contribution in [0.1, 0.15) is 25.7 Å². The van der Waals surface area contributed by atoms with Crippen LogP contribution in [0.2, 0.25) is 0 Å². The molecular weight excluding hydrogens is 196 g/mol. The molecule has 1 atom stereocenters. The molecule has 3 nitrogen and oxygen atoms in total. The number of ether oxygens (including phenoxy) is 1. The molecule has 0 aromatic heterocycles. The summed E-state index contributed by atoms with van der Waals surface area (Å²) in [7, 11) is 0. The molecule has 0 aliphatic carbocycles. The highest BCUT2D eigenvalue weighted by molar-refractivity contribution is 7.98. The molecule has 0 saturated carbocycles. The lowest BCUT2D eigenvalue weighted by Gasteiger charge is -2.26. The summed E-state index contributed by atoms with van der Waals surface area (Å²) in [6.45, 7) is 1.87. The maximum atomic E-state index is 5.54. The predicted molar refractivity (Wildman–Crippen MR) is 62.3 cm³/mol. The van der Waals surface area contributed by atoms with Crippen molar-refractivity contribution in [1.29, 1.82) is 0 Å². The van der Waals surface area contributed by atoms with E-state index in [1.54, 1.807) is 0 Å². The van der Waals surface area contributed by atoms with E-state index in [2.05, 4.69) is 11.7 Å². The number of hydrogen-bond acceptors (Lipinski definition) is 4. The summed E-state index contributed by atoms with van der Waals surface area (Å²) < 4.78 is 5.34. The van der Waals surface area contributed by atoms with Crippen molar-refractivity contribution in [2.75, 3.05) is 25.2 Å². The first-order valence-corrected chi connectivity index (χ1v) is 6.79. The molecule has 84 valence electrons. The molecule has 1 rings (SSSR count). The van der Waals surface area contributed by atoms with Crippen molar-refractivity contribution in [3.8, 4) is 0 Å². The molecule has 1 unspecified atom stereocenters. The predicted octanol–water partition coefficient (Wildman–Crippen LogP) is 1.39. The highest BCUT2D eigenvalue weighted by Gasteiger charge is 2.18. The number of nitrogens with two attached hydrogens (primary N) is 1. The van der Waals surface area contributed by atoms with E-state index >= 15 is 0 Å². The van der Waals surface area contributed by atoms with Gasteiger partial charge in [-0.1, -0.05) is 0 Å². The number of thioether (sulfide) groups is 1. The first kappa shape index (κ1) is 12.3. The summed E-state index contributed by atoms with van der Waals surface area (Å²) in [6, 6.07) is 0.491. The third kappa shape index (κ3) is 4.64. The summed E-state index contributed by atoms with van der Waals surface area (Å²) in [5.41, 5.74) is 2.93. The molecule has 0 aromatic rings. The summed E-state index contributed by atoms with van der Waals surface area (Å²) >= 11 is 1.89. The van der Waals surface area contributed by atoms with Crippen LogP contribution >= 0.6 is 11.8 Å². The lowest BCUT2D eigenvalue weighted by Crippen LogP contribution is -2.37. The van der Waals surface area contributed by atoms with E-state index in [4.69, 9.17) is 10.6 Å². The summed E-state index contributed by atoms with van der Waals surface area (Å²) in [4.78, 5) is 0. The van der Waals surface area contributed by atoms with Crippen LogP contribution in [-0.2, 0) is 4.74 Å². The Kier molecular flexibility index (Phi) is 6.60. The minimum atomic E-state index is 0.491.